The van der Waals surface area contributed by atoms with Crippen molar-refractivity contribution in [3.8, 4) is 0 Å². The van der Waals surface area contributed by atoms with Gasteiger partial charge >= 0.3 is 5.97 Å². The molecule has 1 aromatic heterocycles. The SMILES string of the molecule is COC(=O)c1ncn(CCC(C)SC)c1N. The molecule has 0 amide bonds. The van der Waals surface area contributed by atoms with Gasteiger partial charge in [0.1, 0.15) is 5.82 Å². The second-order valence-electron chi connectivity index (χ2n) is 3.50. The molecule has 0 saturated heterocycles. The number of carbonyl (C=O) groups is 1. The third-order valence-electron chi connectivity index (χ3n) is 2.44. The predicted octanol–water partition coefficient (Wildman–Crippen LogP) is 1.39. The molecular weight excluding hydrogens is 226 g/mol. The van der Waals surface area contributed by atoms with E-state index in [1.807, 2.05) is 0 Å². The molecule has 0 aliphatic rings. The van der Waals surface area contributed by atoms with Crippen LogP contribution in [0, 0.1) is 0 Å². The third kappa shape index (κ3) is 2.91. The minimum absolute atomic E-state index is 0.194. The summed E-state index contributed by atoms with van der Waals surface area (Å²) in [4.78, 5) is 15.2. The van der Waals surface area contributed by atoms with Crippen molar-refractivity contribution in [3.63, 3.8) is 0 Å². The molecule has 1 atom stereocenters. The van der Waals surface area contributed by atoms with Gasteiger partial charge in [0.25, 0.3) is 0 Å². The van der Waals surface area contributed by atoms with Crippen LogP contribution in [0.15, 0.2) is 6.33 Å². The van der Waals surface area contributed by atoms with Gasteiger partial charge < -0.3 is 15.0 Å². The highest BCUT2D eigenvalue weighted by Gasteiger charge is 2.16. The molecule has 1 heterocycles. The monoisotopic (exact) mass is 243 g/mol. The van der Waals surface area contributed by atoms with Crippen molar-refractivity contribution < 1.29 is 9.53 Å². The van der Waals surface area contributed by atoms with Crippen molar-refractivity contribution in [2.45, 2.75) is 25.1 Å². The number of thioether (sulfide) groups is 1. The fourth-order valence-corrected chi connectivity index (χ4v) is 1.60. The molecule has 0 saturated carbocycles. The van der Waals surface area contributed by atoms with Crippen molar-refractivity contribution in [2.75, 3.05) is 19.1 Å². The zero-order valence-electron chi connectivity index (χ0n) is 9.77. The van der Waals surface area contributed by atoms with Gasteiger partial charge in [0.15, 0.2) is 5.69 Å². The van der Waals surface area contributed by atoms with Gasteiger partial charge in [-0.2, -0.15) is 11.8 Å². The lowest BCUT2D eigenvalue weighted by Gasteiger charge is -2.09. The number of imidazole rings is 1. The number of nitrogen functional groups attached to an aromatic ring is 1. The Morgan fingerprint density at radius 3 is 3.00 bits per heavy atom. The van der Waals surface area contributed by atoms with Gasteiger partial charge in [0, 0.05) is 11.8 Å². The summed E-state index contributed by atoms with van der Waals surface area (Å²) in [6, 6.07) is 0. The number of aromatic nitrogens is 2. The molecule has 0 aliphatic carbocycles. The normalized spacial score (nSPS) is 12.4. The largest absolute Gasteiger partial charge is 0.464 e. The van der Waals surface area contributed by atoms with E-state index in [0.29, 0.717) is 11.1 Å². The first-order valence-corrected chi connectivity index (χ1v) is 6.30. The number of esters is 1. The summed E-state index contributed by atoms with van der Waals surface area (Å²) < 4.78 is 6.36. The Morgan fingerprint density at radius 1 is 1.75 bits per heavy atom. The maximum Gasteiger partial charge on any atom is 0.360 e. The first kappa shape index (κ1) is 12.9. The molecule has 0 aromatic carbocycles. The molecule has 0 radical (unpaired) electrons. The van der Waals surface area contributed by atoms with Gasteiger partial charge in [0.05, 0.1) is 13.4 Å². The molecule has 6 heteroatoms. The van der Waals surface area contributed by atoms with Crippen molar-refractivity contribution >= 4 is 23.5 Å². The van der Waals surface area contributed by atoms with Gasteiger partial charge in [-0.3, -0.25) is 0 Å². The molecular formula is C10H17N3O2S. The van der Waals surface area contributed by atoms with Crippen molar-refractivity contribution in [2.24, 2.45) is 0 Å². The fraction of sp³-hybridized carbons (Fsp3) is 0.600. The van der Waals surface area contributed by atoms with E-state index in [0.717, 1.165) is 13.0 Å². The van der Waals surface area contributed by atoms with Crippen molar-refractivity contribution in [1.82, 2.24) is 9.55 Å². The van der Waals surface area contributed by atoms with E-state index in [9.17, 15) is 4.79 Å². The molecule has 5 nitrogen and oxygen atoms in total. The standard InChI is InChI=1S/C10H17N3O2S/c1-7(16-3)4-5-13-6-12-8(9(13)11)10(14)15-2/h6-7H,4-5,11H2,1-3H3. The Morgan fingerprint density at radius 2 is 2.44 bits per heavy atom. The lowest BCUT2D eigenvalue weighted by molar-refractivity contribution is 0.0596. The summed E-state index contributed by atoms with van der Waals surface area (Å²) in [6.45, 7) is 2.91. The summed E-state index contributed by atoms with van der Waals surface area (Å²) in [5, 5.41) is 0.559. The Balaban J connectivity index is 2.69. The minimum Gasteiger partial charge on any atom is -0.464 e. The van der Waals surface area contributed by atoms with Crippen LogP contribution in [0.4, 0.5) is 5.82 Å². The predicted molar refractivity (Wildman–Crippen MR) is 65.6 cm³/mol. The zero-order valence-corrected chi connectivity index (χ0v) is 10.6. The van der Waals surface area contributed by atoms with Crippen LogP contribution in [0.1, 0.15) is 23.8 Å². The molecule has 1 unspecified atom stereocenters. The molecule has 1 aromatic rings. The maximum absolute atomic E-state index is 11.3. The number of carbonyl (C=O) groups excluding carboxylic acids is 1. The van der Waals surface area contributed by atoms with Crippen LogP contribution < -0.4 is 5.73 Å². The van der Waals surface area contributed by atoms with E-state index in [4.69, 9.17) is 5.73 Å². The number of nitrogens with two attached hydrogens (primary N) is 1. The molecule has 90 valence electrons. The average Bonchev–Trinajstić information content (AvgIpc) is 2.66. The van der Waals surface area contributed by atoms with Gasteiger partial charge in [0.2, 0.25) is 0 Å². The molecule has 0 spiro atoms. The third-order valence-corrected chi connectivity index (χ3v) is 3.48. The first-order chi connectivity index (χ1) is 7.60. The van der Waals surface area contributed by atoms with Crippen LogP contribution in [0.25, 0.3) is 0 Å². The number of hydrogen-bond donors (Lipinski definition) is 1. The molecule has 16 heavy (non-hydrogen) atoms. The Bertz CT molecular complexity index is 365. The second-order valence-corrected chi connectivity index (χ2v) is 4.77. The quantitative estimate of drug-likeness (QED) is 0.791. The highest BCUT2D eigenvalue weighted by Crippen LogP contribution is 2.15. The summed E-state index contributed by atoms with van der Waals surface area (Å²) >= 11 is 1.80. The summed E-state index contributed by atoms with van der Waals surface area (Å²) in [6.07, 6.45) is 4.64. The fourth-order valence-electron chi connectivity index (χ4n) is 1.26. The van der Waals surface area contributed by atoms with Gasteiger partial charge in [-0.05, 0) is 12.7 Å². The lowest BCUT2D eigenvalue weighted by Crippen LogP contribution is -2.10. The van der Waals surface area contributed by atoms with Gasteiger partial charge in [-0.1, -0.05) is 6.92 Å². The number of ether oxygens (including phenoxy) is 1. The smallest absolute Gasteiger partial charge is 0.360 e. The Hall–Kier alpha value is -1.17. The number of hydrogen-bond acceptors (Lipinski definition) is 5. The molecule has 2 N–H and O–H groups in total. The van der Waals surface area contributed by atoms with Crippen LogP contribution in [0.2, 0.25) is 0 Å². The Kier molecular flexibility index (Phi) is 4.67. The number of rotatable bonds is 5. The zero-order chi connectivity index (χ0) is 12.1. The number of nitrogens with zero attached hydrogens (tertiary/aromatic N) is 2. The van der Waals surface area contributed by atoms with E-state index in [2.05, 4.69) is 22.9 Å². The summed E-state index contributed by atoms with van der Waals surface area (Å²) in [7, 11) is 1.32. The van der Waals surface area contributed by atoms with Crippen LogP contribution in [-0.4, -0.2) is 34.1 Å². The van der Waals surface area contributed by atoms with Crippen LogP contribution >= 0.6 is 11.8 Å². The summed E-state index contributed by atoms with van der Waals surface area (Å²) in [5.41, 5.74) is 5.99. The van der Waals surface area contributed by atoms with Gasteiger partial charge in [-0.25, -0.2) is 9.78 Å². The minimum atomic E-state index is -0.492. The van der Waals surface area contributed by atoms with E-state index in [1.54, 1.807) is 22.7 Å². The van der Waals surface area contributed by atoms with E-state index in [1.165, 1.54) is 7.11 Å². The number of anilines is 1. The highest BCUT2D eigenvalue weighted by atomic mass is 32.2. The second kappa shape index (κ2) is 5.79. The highest BCUT2D eigenvalue weighted by molar-refractivity contribution is 7.99. The molecule has 0 fully saturated rings. The maximum atomic E-state index is 11.3. The van der Waals surface area contributed by atoms with Crippen LogP contribution in [-0.2, 0) is 11.3 Å². The van der Waals surface area contributed by atoms with E-state index in [-0.39, 0.29) is 5.69 Å². The van der Waals surface area contributed by atoms with Crippen LogP contribution in [0.5, 0.6) is 0 Å². The molecule has 0 bridgehead atoms. The van der Waals surface area contributed by atoms with Crippen molar-refractivity contribution in [3.05, 3.63) is 12.0 Å². The topological polar surface area (TPSA) is 70.1 Å². The molecule has 1 rings (SSSR count). The number of methoxy groups -OCH3 is 1. The first-order valence-electron chi connectivity index (χ1n) is 5.01. The number of aryl methyl sites for hydroxylation is 1. The summed E-state index contributed by atoms with van der Waals surface area (Å²) in [5.74, 6) is -0.116. The van der Waals surface area contributed by atoms with E-state index >= 15 is 0 Å². The van der Waals surface area contributed by atoms with E-state index < -0.39 is 5.97 Å². The van der Waals surface area contributed by atoms with Gasteiger partial charge in [-0.15, -0.1) is 0 Å². The lowest BCUT2D eigenvalue weighted by atomic mass is 10.3. The molecule has 0 aliphatic heterocycles. The average molecular weight is 243 g/mol. The Labute approximate surface area is 99.4 Å². The van der Waals surface area contributed by atoms with Crippen molar-refractivity contribution in [1.29, 1.82) is 0 Å². The van der Waals surface area contributed by atoms with Crippen LogP contribution in [0.3, 0.4) is 0 Å².